The largest absolute Gasteiger partial charge is 0.342 e. The number of amides is 2. The van der Waals surface area contributed by atoms with E-state index in [-0.39, 0.29) is 17.7 Å². The Morgan fingerprint density at radius 2 is 2.20 bits per heavy atom. The molecule has 2 amide bonds. The number of hydrogen-bond acceptors (Lipinski definition) is 4. The summed E-state index contributed by atoms with van der Waals surface area (Å²) < 4.78 is 0. The van der Waals surface area contributed by atoms with Gasteiger partial charge in [0.25, 0.3) is 0 Å². The number of likely N-dealkylation sites (tertiary alicyclic amines) is 1. The Kier molecular flexibility index (Phi) is 4.42. The molecular formula is C14H21N3O2S. The van der Waals surface area contributed by atoms with E-state index in [0.29, 0.717) is 24.0 Å². The maximum absolute atomic E-state index is 12.2. The molecule has 0 bridgehead atoms. The zero-order valence-electron chi connectivity index (χ0n) is 12.4. The lowest BCUT2D eigenvalue weighted by atomic mass is 10.1. The summed E-state index contributed by atoms with van der Waals surface area (Å²) >= 11 is 1.47. The number of nitrogens with one attached hydrogen (secondary N) is 1. The molecule has 6 heteroatoms. The number of rotatable bonds is 4. The van der Waals surface area contributed by atoms with Crippen LogP contribution in [0.1, 0.15) is 30.8 Å². The Hall–Kier alpha value is -1.43. The van der Waals surface area contributed by atoms with Gasteiger partial charge in [0.05, 0.1) is 11.6 Å². The lowest BCUT2D eigenvalue weighted by Gasteiger charge is -2.18. The molecule has 1 saturated heterocycles. The molecule has 1 fully saturated rings. The Morgan fingerprint density at radius 1 is 1.50 bits per heavy atom. The van der Waals surface area contributed by atoms with Crippen molar-refractivity contribution < 1.29 is 9.59 Å². The quantitative estimate of drug-likeness (QED) is 0.926. The highest BCUT2D eigenvalue weighted by molar-refractivity contribution is 7.15. The molecule has 1 aromatic heterocycles. The van der Waals surface area contributed by atoms with E-state index in [0.717, 1.165) is 17.1 Å². The molecule has 1 aliphatic rings. The van der Waals surface area contributed by atoms with Crippen molar-refractivity contribution >= 4 is 28.3 Å². The van der Waals surface area contributed by atoms with Crippen LogP contribution in [0.2, 0.25) is 0 Å². The number of nitrogens with zero attached hydrogens (tertiary/aromatic N) is 2. The first-order chi connectivity index (χ1) is 9.36. The molecule has 1 aliphatic heterocycles. The minimum absolute atomic E-state index is 0.0744. The summed E-state index contributed by atoms with van der Waals surface area (Å²) in [5.74, 6) is 0.138. The van der Waals surface area contributed by atoms with Crippen LogP contribution in [-0.2, 0) is 9.59 Å². The van der Waals surface area contributed by atoms with Gasteiger partial charge in [-0.25, -0.2) is 4.98 Å². The second kappa shape index (κ2) is 5.91. The van der Waals surface area contributed by atoms with E-state index in [1.54, 1.807) is 4.90 Å². The number of carbonyl (C=O) groups excluding carboxylic acids is 2. The zero-order chi connectivity index (χ0) is 14.9. The normalized spacial score (nSPS) is 18.9. The van der Waals surface area contributed by atoms with Crippen LogP contribution in [0, 0.1) is 25.7 Å². The zero-order valence-corrected chi connectivity index (χ0v) is 13.2. The number of anilines is 1. The molecule has 0 spiro atoms. The summed E-state index contributed by atoms with van der Waals surface area (Å²) in [4.78, 5) is 31.2. The molecule has 0 unspecified atom stereocenters. The minimum atomic E-state index is -0.259. The Labute approximate surface area is 123 Å². The molecule has 0 aromatic carbocycles. The highest BCUT2D eigenvalue weighted by Crippen LogP contribution is 2.24. The van der Waals surface area contributed by atoms with Crippen molar-refractivity contribution in [1.82, 2.24) is 9.88 Å². The molecular weight excluding hydrogens is 274 g/mol. The van der Waals surface area contributed by atoms with Crippen molar-refractivity contribution in [3.8, 4) is 0 Å². The molecule has 1 atom stereocenters. The molecule has 2 rings (SSSR count). The molecule has 1 aromatic rings. The van der Waals surface area contributed by atoms with E-state index < -0.39 is 0 Å². The summed E-state index contributed by atoms with van der Waals surface area (Å²) in [7, 11) is 0. The Morgan fingerprint density at radius 3 is 2.75 bits per heavy atom. The van der Waals surface area contributed by atoms with Gasteiger partial charge in [0.2, 0.25) is 11.8 Å². The predicted octanol–water partition coefficient (Wildman–Crippen LogP) is 2.20. The molecule has 110 valence electrons. The van der Waals surface area contributed by atoms with Crippen molar-refractivity contribution in [3.63, 3.8) is 0 Å². The third kappa shape index (κ3) is 3.36. The van der Waals surface area contributed by atoms with Crippen LogP contribution in [0.25, 0.3) is 0 Å². The fourth-order valence-corrected chi connectivity index (χ4v) is 3.12. The lowest BCUT2D eigenvalue weighted by molar-refractivity contribution is -0.128. The highest BCUT2D eigenvalue weighted by Gasteiger charge is 2.34. The predicted molar refractivity (Wildman–Crippen MR) is 79.7 cm³/mol. The second-order valence-corrected chi connectivity index (χ2v) is 6.95. The summed E-state index contributed by atoms with van der Waals surface area (Å²) in [6.45, 7) is 9.28. The summed E-state index contributed by atoms with van der Waals surface area (Å²) in [6, 6.07) is 0. The van der Waals surface area contributed by atoms with Crippen LogP contribution in [0.3, 0.4) is 0 Å². The van der Waals surface area contributed by atoms with E-state index in [1.807, 2.05) is 13.8 Å². The first-order valence-corrected chi connectivity index (χ1v) is 7.71. The van der Waals surface area contributed by atoms with E-state index in [1.165, 1.54) is 11.3 Å². The van der Waals surface area contributed by atoms with Crippen LogP contribution < -0.4 is 5.32 Å². The average Bonchev–Trinajstić information content (AvgIpc) is 2.83. The van der Waals surface area contributed by atoms with Crippen molar-refractivity contribution in [1.29, 1.82) is 0 Å². The lowest BCUT2D eigenvalue weighted by Crippen LogP contribution is -2.31. The van der Waals surface area contributed by atoms with E-state index in [2.05, 4.69) is 24.1 Å². The van der Waals surface area contributed by atoms with Crippen LogP contribution in [-0.4, -0.2) is 34.8 Å². The van der Waals surface area contributed by atoms with Crippen molar-refractivity contribution in [2.75, 3.05) is 18.4 Å². The third-order valence-electron chi connectivity index (χ3n) is 3.43. The fraction of sp³-hybridized carbons (Fsp3) is 0.643. The maximum Gasteiger partial charge on any atom is 0.231 e. The van der Waals surface area contributed by atoms with Crippen molar-refractivity contribution in [3.05, 3.63) is 10.6 Å². The second-order valence-electron chi connectivity index (χ2n) is 5.74. The van der Waals surface area contributed by atoms with Gasteiger partial charge < -0.3 is 10.2 Å². The van der Waals surface area contributed by atoms with E-state index >= 15 is 0 Å². The monoisotopic (exact) mass is 295 g/mol. The van der Waals surface area contributed by atoms with Gasteiger partial charge in [0.1, 0.15) is 0 Å². The molecule has 20 heavy (non-hydrogen) atoms. The van der Waals surface area contributed by atoms with Crippen LogP contribution in [0.15, 0.2) is 0 Å². The number of hydrogen-bond donors (Lipinski definition) is 1. The number of thiazole rings is 1. The molecule has 2 heterocycles. The van der Waals surface area contributed by atoms with Crippen molar-refractivity contribution in [2.24, 2.45) is 11.8 Å². The minimum Gasteiger partial charge on any atom is -0.342 e. The Bertz CT molecular complexity index is 505. The third-order valence-corrected chi connectivity index (χ3v) is 4.42. The van der Waals surface area contributed by atoms with Gasteiger partial charge in [0, 0.05) is 24.4 Å². The molecule has 0 radical (unpaired) electrons. The molecule has 0 saturated carbocycles. The first kappa shape index (κ1) is 15.0. The molecule has 1 N–H and O–H groups in total. The first-order valence-electron chi connectivity index (χ1n) is 6.89. The van der Waals surface area contributed by atoms with E-state index in [9.17, 15) is 9.59 Å². The smallest absolute Gasteiger partial charge is 0.231 e. The molecule has 0 aliphatic carbocycles. The van der Waals surface area contributed by atoms with Gasteiger partial charge in [0.15, 0.2) is 5.13 Å². The van der Waals surface area contributed by atoms with Gasteiger partial charge in [-0.15, -0.1) is 11.3 Å². The molecule has 5 nitrogen and oxygen atoms in total. The fourth-order valence-electron chi connectivity index (χ4n) is 2.30. The highest BCUT2D eigenvalue weighted by atomic mass is 32.1. The number of aromatic nitrogens is 1. The standard InChI is InChI=1S/C14H21N3O2S/c1-8(2)6-17-7-11(5-12(17)18)13(19)16-14-15-9(3)10(4)20-14/h8,11H,5-7H2,1-4H3,(H,15,16,19)/t11-/m0/s1. The summed E-state index contributed by atoms with van der Waals surface area (Å²) in [6.07, 6.45) is 0.307. The summed E-state index contributed by atoms with van der Waals surface area (Å²) in [5, 5.41) is 3.45. The van der Waals surface area contributed by atoms with Gasteiger partial charge >= 0.3 is 0 Å². The van der Waals surface area contributed by atoms with Crippen LogP contribution in [0.5, 0.6) is 0 Å². The SMILES string of the molecule is Cc1nc(NC(=O)[C@H]2CC(=O)N(CC(C)C)C2)sc1C. The van der Waals surface area contributed by atoms with Crippen molar-refractivity contribution in [2.45, 2.75) is 34.1 Å². The van der Waals surface area contributed by atoms with Crippen LogP contribution >= 0.6 is 11.3 Å². The van der Waals surface area contributed by atoms with Gasteiger partial charge in [-0.3, -0.25) is 9.59 Å². The number of carbonyl (C=O) groups is 2. The van der Waals surface area contributed by atoms with Crippen LogP contribution in [0.4, 0.5) is 5.13 Å². The summed E-state index contributed by atoms with van der Waals surface area (Å²) in [5.41, 5.74) is 0.939. The van der Waals surface area contributed by atoms with Gasteiger partial charge in [-0.1, -0.05) is 13.8 Å². The average molecular weight is 295 g/mol. The number of aryl methyl sites for hydroxylation is 2. The maximum atomic E-state index is 12.2. The van der Waals surface area contributed by atoms with Gasteiger partial charge in [-0.05, 0) is 19.8 Å². The Balaban J connectivity index is 1.95. The van der Waals surface area contributed by atoms with E-state index in [4.69, 9.17) is 0 Å². The van der Waals surface area contributed by atoms with Gasteiger partial charge in [-0.2, -0.15) is 0 Å². The topological polar surface area (TPSA) is 62.3 Å².